The van der Waals surface area contributed by atoms with Crippen LogP contribution in [0.2, 0.25) is 0 Å². The van der Waals surface area contributed by atoms with Gasteiger partial charge in [-0.25, -0.2) is 4.98 Å². The maximum Gasteiger partial charge on any atom is 0.198 e. The minimum Gasteiger partial charge on any atom is -0.399 e. The van der Waals surface area contributed by atoms with Gasteiger partial charge in [0, 0.05) is 5.69 Å². The number of fused-ring (bicyclic) bond motifs is 1. The number of imidazole rings is 1. The molecule has 0 unspecified atom stereocenters. The Kier molecular flexibility index (Phi) is 1.75. The summed E-state index contributed by atoms with van der Waals surface area (Å²) in [5.74, 6) is 0.338. The van der Waals surface area contributed by atoms with Crippen molar-refractivity contribution in [2.45, 2.75) is 6.42 Å². The summed E-state index contributed by atoms with van der Waals surface area (Å²) < 4.78 is 0. The summed E-state index contributed by atoms with van der Waals surface area (Å²) in [6.45, 7) is 0. The standard InChI is InChI=1S/C9H9N5/c10-2-1-5-3-6(11)4-7-8(5)14-9(12)13-7/h3-4H,1,11H2,(H3,12,13,14). The highest BCUT2D eigenvalue weighted by atomic mass is 15.0. The second-order valence-electron chi connectivity index (χ2n) is 3.03. The molecule has 0 atom stereocenters. The predicted octanol–water partition coefficient (Wildman–Crippen LogP) is 0.793. The van der Waals surface area contributed by atoms with E-state index in [1.54, 1.807) is 12.1 Å². The molecule has 2 rings (SSSR count). The molecule has 14 heavy (non-hydrogen) atoms. The van der Waals surface area contributed by atoms with E-state index < -0.39 is 0 Å². The number of anilines is 2. The molecule has 0 amide bonds. The first kappa shape index (κ1) is 8.38. The monoisotopic (exact) mass is 187 g/mol. The lowest BCUT2D eigenvalue weighted by molar-refractivity contribution is 1.27. The van der Waals surface area contributed by atoms with Crippen LogP contribution in [0.3, 0.4) is 0 Å². The Morgan fingerprint density at radius 1 is 1.43 bits per heavy atom. The summed E-state index contributed by atoms with van der Waals surface area (Å²) in [6, 6.07) is 5.55. The van der Waals surface area contributed by atoms with Crippen molar-refractivity contribution in [2.75, 3.05) is 11.5 Å². The van der Waals surface area contributed by atoms with Crippen molar-refractivity contribution >= 4 is 22.7 Å². The van der Waals surface area contributed by atoms with Gasteiger partial charge in [-0.15, -0.1) is 0 Å². The molecule has 0 radical (unpaired) electrons. The lowest BCUT2D eigenvalue weighted by Crippen LogP contribution is -1.90. The van der Waals surface area contributed by atoms with E-state index in [0.29, 0.717) is 11.6 Å². The Balaban J connectivity index is 2.74. The number of benzene rings is 1. The number of nitrogen functional groups attached to an aromatic ring is 2. The highest BCUT2D eigenvalue weighted by Crippen LogP contribution is 2.21. The van der Waals surface area contributed by atoms with Crippen LogP contribution in [0.4, 0.5) is 11.6 Å². The van der Waals surface area contributed by atoms with Crippen LogP contribution in [0.15, 0.2) is 12.1 Å². The van der Waals surface area contributed by atoms with E-state index in [0.717, 1.165) is 16.6 Å². The molecule has 0 bridgehead atoms. The van der Waals surface area contributed by atoms with Gasteiger partial charge in [0.1, 0.15) is 0 Å². The molecule has 0 aliphatic heterocycles. The van der Waals surface area contributed by atoms with Crippen molar-refractivity contribution in [1.29, 1.82) is 5.26 Å². The molecule has 5 N–H and O–H groups in total. The number of nitrogens with two attached hydrogens (primary N) is 2. The predicted molar refractivity (Wildman–Crippen MR) is 54.2 cm³/mol. The number of nitriles is 1. The summed E-state index contributed by atoms with van der Waals surface area (Å²) in [5, 5.41) is 8.62. The number of rotatable bonds is 1. The van der Waals surface area contributed by atoms with Gasteiger partial charge in [-0.1, -0.05) is 0 Å². The number of aromatic amines is 1. The van der Waals surface area contributed by atoms with Crippen molar-refractivity contribution in [2.24, 2.45) is 0 Å². The van der Waals surface area contributed by atoms with E-state index in [1.165, 1.54) is 0 Å². The summed E-state index contributed by atoms with van der Waals surface area (Å²) in [7, 11) is 0. The molecule has 0 aliphatic rings. The molecule has 0 spiro atoms. The third-order valence-corrected chi connectivity index (χ3v) is 1.98. The van der Waals surface area contributed by atoms with E-state index in [9.17, 15) is 0 Å². The van der Waals surface area contributed by atoms with Gasteiger partial charge in [-0.05, 0) is 17.7 Å². The zero-order valence-corrected chi connectivity index (χ0v) is 7.41. The Labute approximate surface area is 80.3 Å². The summed E-state index contributed by atoms with van der Waals surface area (Å²) in [4.78, 5) is 6.96. The van der Waals surface area contributed by atoms with Gasteiger partial charge in [0.2, 0.25) is 0 Å². The molecule has 5 heteroatoms. The fraction of sp³-hybridized carbons (Fsp3) is 0.111. The van der Waals surface area contributed by atoms with Crippen LogP contribution in [0.25, 0.3) is 11.0 Å². The smallest absolute Gasteiger partial charge is 0.198 e. The second-order valence-corrected chi connectivity index (χ2v) is 3.03. The van der Waals surface area contributed by atoms with E-state index >= 15 is 0 Å². The summed E-state index contributed by atoms with van der Waals surface area (Å²) in [5.41, 5.74) is 14.1. The van der Waals surface area contributed by atoms with Crippen LogP contribution in [0.1, 0.15) is 5.56 Å². The molecule has 70 valence electrons. The molecule has 1 aromatic heterocycles. The molecule has 1 heterocycles. The first-order chi connectivity index (χ1) is 6.70. The quantitative estimate of drug-likeness (QED) is 0.574. The highest BCUT2D eigenvalue weighted by molar-refractivity contribution is 5.84. The first-order valence-corrected chi connectivity index (χ1v) is 4.11. The molecule has 1 aromatic carbocycles. The highest BCUT2D eigenvalue weighted by Gasteiger charge is 2.06. The van der Waals surface area contributed by atoms with Crippen molar-refractivity contribution in [3.05, 3.63) is 17.7 Å². The minimum atomic E-state index is 0.284. The topological polar surface area (TPSA) is 105 Å². The zero-order valence-electron chi connectivity index (χ0n) is 7.41. The molecule has 2 aromatic rings. The SMILES string of the molecule is N#CCc1cc(N)cc2[nH]c(N)nc12. The lowest BCUT2D eigenvalue weighted by Gasteiger charge is -1.98. The molecule has 0 saturated carbocycles. The molecule has 0 saturated heterocycles. The van der Waals surface area contributed by atoms with Crippen molar-refractivity contribution in [3.8, 4) is 6.07 Å². The van der Waals surface area contributed by atoms with E-state index in [4.69, 9.17) is 16.7 Å². The van der Waals surface area contributed by atoms with Gasteiger partial charge in [0.05, 0.1) is 23.5 Å². The normalized spacial score (nSPS) is 10.2. The average molecular weight is 187 g/mol. The van der Waals surface area contributed by atoms with Crippen LogP contribution in [-0.4, -0.2) is 9.97 Å². The Morgan fingerprint density at radius 2 is 2.21 bits per heavy atom. The third kappa shape index (κ3) is 1.23. The Bertz CT molecular complexity index is 520. The van der Waals surface area contributed by atoms with Gasteiger partial charge >= 0.3 is 0 Å². The van der Waals surface area contributed by atoms with Crippen molar-refractivity contribution < 1.29 is 0 Å². The van der Waals surface area contributed by atoms with Gasteiger partial charge in [-0.3, -0.25) is 0 Å². The molecular formula is C9H9N5. The number of hydrogen-bond acceptors (Lipinski definition) is 4. The number of nitrogens with one attached hydrogen (secondary N) is 1. The maximum atomic E-state index is 8.62. The minimum absolute atomic E-state index is 0.284. The number of hydrogen-bond donors (Lipinski definition) is 3. The van der Waals surface area contributed by atoms with Crippen LogP contribution in [-0.2, 0) is 6.42 Å². The van der Waals surface area contributed by atoms with Gasteiger partial charge in [-0.2, -0.15) is 5.26 Å². The van der Waals surface area contributed by atoms with Crippen LogP contribution >= 0.6 is 0 Å². The van der Waals surface area contributed by atoms with E-state index in [1.807, 2.05) is 0 Å². The number of nitrogens with zero attached hydrogens (tertiary/aromatic N) is 2. The van der Waals surface area contributed by atoms with Crippen LogP contribution < -0.4 is 11.5 Å². The zero-order chi connectivity index (χ0) is 10.1. The first-order valence-electron chi connectivity index (χ1n) is 4.11. The van der Waals surface area contributed by atoms with Gasteiger partial charge < -0.3 is 16.5 Å². The molecule has 0 fully saturated rings. The van der Waals surface area contributed by atoms with Crippen molar-refractivity contribution in [1.82, 2.24) is 9.97 Å². The Hall–Kier alpha value is -2.22. The average Bonchev–Trinajstić information content (AvgIpc) is 2.45. The maximum absolute atomic E-state index is 8.62. The van der Waals surface area contributed by atoms with Crippen molar-refractivity contribution in [3.63, 3.8) is 0 Å². The molecule has 5 nitrogen and oxygen atoms in total. The Morgan fingerprint density at radius 3 is 2.93 bits per heavy atom. The largest absolute Gasteiger partial charge is 0.399 e. The van der Waals surface area contributed by atoms with Crippen LogP contribution in [0, 0.1) is 11.3 Å². The lowest BCUT2D eigenvalue weighted by atomic mass is 10.1. The van der Waals surface area contributed by atoms with Gasteiger partial charge in [0.25, 0.3) is 0 Å². The second kappa shape index (κ2) is 2.92. The summed E-state index contributed by atoms with van der Waals surface area (Å²) in [6.07, 6.45) is 0.284. The van der Waals surface area contributed by atoms with Crippen LogP contribution in [0.5, 0.6) is 0 Å². The molecular weight excluding hydrogens is 178 g/mol. The number of aromatic nitrogens is 2. The summed E-state index contributed by atoms with van der Waals surface area (Å²) >= 11 is 0. The third-order valence-electron chi connectivity index (χ3n) is 1.98. The van der Waals surface area contributed by atoms with Gasteiger partial charge in [0.15, 0.2) is 5.95 Å². The van der Waals surface area contributed by atoms with E-state index in [-0.39, 0.29) is 6.42 Å². The fourth-order valence-electron chi connectivity index (χ4n) is 1.45. The number of H-pyrrole nitrogens is 1. The fourth-order valence-corrected chi connectivity index (χ4v) is 1.45. The van der Waals surface area contributed by atoms with E-state index in [2.05, 4.69) is 16.0 Å². The molecule has 0 aliphatic carbocycles.